The van der Waals surface area contributed by atoms with Crippen LogP contribution in [0.3, 0.4) is 0 Å². The highest BCUT2D eigenvalue weighted by Crippen LogP contribution is 2.28. The van der Waals surface area contributed by atoms with Crippen LogP contribution in [0.1, 0.15) is 11.6 Å². The summed E-state index contributed by atoms with van der Waals surface area (Å²) in [6.07, 6.45) is 0. The first-order valence-corrected chi connectivity index (χ1v) is 9.26. The second kappa shape index (κ2) is 9.61. The minimum Gasteiger partial charge on any atom is -0.467 e. The Morgan fingerprint density at radius 2 is 1.45 bits per heavy atom. The van der Waals surface area contributed by atoms with Crippen molar-refractivity contribution in [1.29, 1.82) is 0 Å². The molecule has 0 aromatic heterocycles. The molecule has 0 radical (unpaired) electrons. The van der Waals surface area contributed by atoms with Crippen LogP contribution in [-0.4, -0.2) is 19.1 Å². The maximum Gasteiger partial charge on any atom is 0.333 e. The highest BCUT2D eigenvalue weighted by molar-refractivity contribution is 6.31. The summed E-state index contributed by atoms with van der Waals surface area (Å²) in [6, 6.07) is 22.0. The van der Waals surface area contributed by atoms with Gasteiger partial charge < -0.3 is 20.7 Å². The van der Waals surface area contributed by atoms with Gasteiger partial charge in [-0.15, -0.1) is 0 Å². The van der Waals surface area contributed by atoms with E-state index in [1.807, 2.05) is 18.2 Å². The van der Waals surface area contributed by atoms with Gasteiger partial charge in [-0.3, -0.25) is 0 Å². The number of nitrogens with one attached hydrogen (secondary N) is 3. The number of esters is 1. The number of rotatable bonds is 6. The number of urea groups is 1. The van der Waals surface area contributed by atoms with Gasteiger partial charge in [-0.1, -0.05) is 54.1 Å². The summed E-state index contributed by atoms with van der Waals surface area (Å²) in [6.45, 7) is 0. The van der Waals surface area contributed by atoms with Crippen LogP contribution in [-0.2, 0) is 9.53 Å². The Kier molecular flexibility index (Phi) is 6.71. The minimum absolute atomic E-state index is 0.371. The molecule has 0 bridgehead atoms. The van der Waals surface area contributed by atoms with Gasteiger partial charge in [-0.25, -0.2) is 9.59 Å². The van der Waals surface area contributed by atoms with Crippen LogP contribution in [0.25, 0.3) is 0 Å². The predicted octanol–water partition coefficient (Wildman–Crippen LogP) is 5.31. The Bertz CT molecular complexity index is 995. The fraction of sp³-hybridized carbons (Fsp3) is 0.0909. The van der Waals surface area contributed by atoms with Crippen molar-refractivity contribution < 1.29 is 14.3 Å². The molecular weight excluding hydrogens is 390 g/mol. The smallest absolute Gasteiger partial charge is 0.333 e. The lowest BCUT2D eigenvalue weighted by Gasteiger charge is -2.19. The SMILES string of the molecule is COC(=O)C(Nc1cccc(NC(=O)Nc2ccccc2)c1)c1ccccc1Cl. The summed E-state index contributed by atoms with van der Waals surface area (Å²) < 4.78 is 4.92. The van der Waals surface area contributed by atoms with E-state index >= 15 is 0 Å². The number of carbonyl (C=O) groups is 2. The van der Waals surface area contributed by atoms with E-state index in [0.29, 0.717) is 27.6 Å². The molecular formula is C22H20ClN3O3. The molecule has 3 rings (SSSR count). The van der Waals surface area contributed by atoms with Crippen LogP contribution in [0.15, 0.2) is 78.9 Å². The highest BCUT2D eigenvalue weighted by atomic mass is 35.5. The average Bonchev–Trinajstić information content (AvgIpc) is 2.73. The molecule has 3 N–H and O–H groups in total. The molecule has 0 spiro atoms. The van der Waals surface area contributed by atoms with Gasteiger partial charge in [-0.05, 0) is 36.4 Å². The molecule has 0 aliphatic heterocycles. The van der Waals surface area contributed by atoms with Crippen LogP contribution in [0.5, 0.6) is 0 Å². The predicted molar refractivity (Wildman–Crippen MR) is 115 cm³/mol. The first kappa shape index (κ1) is 20.2. The Morgan fingerprint density at radius 1 is 0.828 bits per heavy atom. The topological polar surface area (TPSA) is 79.5 Å². The maximum absolute atomic E-state index is 12.3. The van der Waals surface area contributed by atoms with E-state index in [2.05, 4.69) is 16.0 Å². The summed E-state index contributed by atoms with van der Waals surface area (Å²) in [5.41, 5.74) is 2.47. The minimum atomic E-state index is -0.790. The average molecular weight is 410 g/mol. The number of hydrogen-bond acceptors (Lipinski definition) is 4. The van der Waals surface area contributed by atoms with E-state index in [1.54, 1.807) is 60.7 Å². The van der Waals surface area contributed by atoms with Crippen LogP contribution >= 0.6 is 11.6 Å². The molecule has 0 aliphatic rings. The van der Waals surface area contributed by atoms with Crippen molar-refractivity contribution in [3.05, 3.63) is 89.4 Å². The number of carbonyl (C=O) groups excluding carboxylic acids is 2. The van der Waals surface area contributed by atoms with E-state index in [0.717, 1.165) is 0 Å². The van der Waals surface area contributed by atoms with Gasteiger partial charge in [-0.2, -0.15) is 0 Å². The van der Waals surface area contributed by atoms with E-state index in [4.69, 9.17) is 16.3 Å². The second-order valence-electron chi connectivity index (χ2n) is 6.15. The standard InChI is InChI=1S/C22H20ClN3O3/c1-29-21(27)20(18-12-5-6-13-19(18)23)24-16-10-7-11-17(14-16)26-22(28)25-15-8-3-2-4-9-15/h2-14,20,24H,1H3,(H2,25,26,28). The third kappa shape index (κ3) is 5.49. The maximum atomic E-state index is 12.3. The zero-order valence-corrected chi connectivity index (χ0v) is 16.4. The molecule has 3 aromatic carbocycles. The molecule has 0 saturated heterocycles. The van der Waals surface area contributed by atoms with Gasteiger partial charge in [0, 0.05) is 27.6 Å². The lowest BCUT2D eigenvalue weighted by molar-refractivity contribution is -0.141. The second-order valence-corrected chi connectivity index (χ2v) is 6.56. The monoisotopic (exact) mass is 409 g/mol. The van der Waals surface area contributed by atoms with Crippen molar-refractivity contribution in [2.24, 2.45) is 0 Å². The molecule has 0 fully saturated rings. The number of methoxy groups -OCH3 is 1. The Labute approximate surface area is 173 Å². The van der Waals surface area contributed by atoms with E-state index in [1.165, 1.54) is 7.11 Å². The van der Waals surface area contributed by atoms with E-state index in [-0.39, 0.29) is 6.03 Å². The third-order valence-electron chi connectivity index (χ3n) is 4.12. The molecule has 3 aromatic rings. The van der Waals surface area contributed by atoms with Crippen LogP contribution < -0.4 is 16.0 Å². The number of ether oxygens (including phenoxy) is 1. The number of para-hydroxylation sites is 1. The quantitative estimate of drug-likeness (QED) is 0.482. The Balaban J connectivity index is 1.74. The molecule has 29 heavy (non-hydrogen) atoms. The van der Waals surface area contributed by atoms with Gasteiger partial charge in [0.15, 0.2) is 6.04 Å². The zero-order valence-electron chi connectivity index (χ0n) is 15.7. The van der Waals surface area contributed by atoms with Crippen LogP contribution in [0.4, 0.5) is 21.9 Å². The van der Waals surface area contributed by atoms with Crippen molar-refractivity contribution in [1.82, 2.24) is 0 Å². The lowest BCUT2D eigenvalue weighted by Crippen LogP contribution is -2.23. The number of benzene rings is 3. The van der Waals surface area contributed by atoms with Gasteiger partial charge in [0.05, 0.1) is 7.11 Å². The summed E-state index contributed by atoms with van der Waals surface area (Å²) >= 11 is 6.25. The lowest BCUT2D eigenvalue weighted by atomic mass is 10.1. The third-order valence-corrected chi connectivity index (χ3v) is 4.46. The molecule has 6 nitrogen and oxygen atoms in total. The van der Waals surface area contributed by atoms with Crippen molar-refractivity contribution in [3.8, 4) is 0 Å². The first-order valence-electron chi connectivity index (χ1n) is 8.89. The van der Waals surface area contributed by atoms with Crippen LogP contribution in [0, 0.1) is 0 Å². The highest BCUT2D eigenvalue weighted by Gasteiger charge is 2.23. The number of halogens is 1. The molecule has 1 atom stereocenters. The number of hydrogen-bond donors (Lipinski definition) is 3. The van der Waals surface area contributed by atoms with Gasteiger partial charge in [0.25, 0.3) is 0 Å². The number of amides is 2. The summed E-state index contributed by atoms with van der Waals surface area (Å²) in [5.74, 6) is -0.474. The Hall–Kier alpha value is -3.51. The van der Waals surface area contributed by atoms with Crippen molar-refractivity contribution in [2.75, 3.05) is 23.1 Å². The summed E-state index contributed by atoms with van der Waals surface area (Å²) in [7, 11) is 1.32. The van der Waals surface area contributed by atoms with Gasteiger partial charge in [0.2, 0.25) is 0 Å². The van der Waals surface area contributed by atoms with Crippen molar-refractivity contribution >= 4 is 40.7 Å². The van der Waals surface area contributed by atoms with Gasteiger partial charge in [0.1, 0.15) is 0 Å². The molecule has 148 valence electrons. The van der Waals surface area contributed by atoms with E-state index < -0.39 is 12.0 Å². The van der Waals surface area contributed by atoms with Crippen molar-refractivity contribution in [2.45, 2.75) is 6.04 Å². The molecule has 0 heterocycles. The zero-order chi connectivity index (χ0) is 20.6. The molecule has 2 amide bonds. The molecule has 0 aliphatic carbocycles. The normalized spacial score (nSPS) is 11.2. The molecule has 0 saturated carbocycles. The van der Waals surface area contributed by atoms with Crippen molar-refractivity contribution in [3.63, 3.8) is 0 Å². The fourth-order valence-electron chi connectivity index (χ4n) is 2.76. The van der Waals surface area contributed by atoms with Gasteiger partial charge >= 0.3 is 12.0 Å². The largest absolute Gasteiger partial charge is 0.467 e. The number of anilines is 3. The summed E-state index contributed by atoms with van der Waals surface area (Å²) in [4.78, 5) is 24.5. The van der Waals surface area contributed by atoms with E-state index in [9.17, 15) is 9.59 Å². The fourth-order valence-corrected chi connectivity index (χ4v) is 3.00. The Morgan fingerprint density at radius 3 is 2.17 bits per heavy atom. The summed E-state index contributed by atoms with van der Waals surface area (Å²) in [5, 5.41) is 9.09. The molecule has 7 heteroatoms. The van der Waals surface area contributed by atoms with Crippen LogP contribution in [0.2, 0.25) is 5.02 Å². The first-order chi connectivity index (χ1) is 14.1. The molecule has 1 unspecified atom stereocenters.